The maximum absolute atomic E-state index is 12.3. The number of halogens is 1. The van der Waals surface area contributed by atoms with Crippen LogP contribution in [0.5, 0.6) is 11.5 Å². The van der Waals surface area contributed by atoms with Crippen molar-refractivity contribution in [1.29, 1.82) is 10.5 Å². The van der Waals surface area contributed by atoms with E-state index in [-0.39, 0.29) is 58.2 Å². The highest BCUT2D eigenvalue weighted by Gasteiger charge is 2.15. The lowest BCUT2D eigenvalue weighted by atomic mass is 10.2. The zero-order chi connectivity index (χ0) is 22.7. The van der Waals surface area contributed by atoms with E-state index in [9.17, 15) is 9.59 Å². The second-order valence-electron chi connectivity index (χ2n) is 6.65. The summed E-state index contributed by atoms with van der Waals surface area (Å²) in [6.07, 6.45) is 0. The van der Waals surface area contributed by atoms with Crippen molar-refractivity contribution >= 4 is 33.5 Å². The summed E-state index contributed by atoms with van der Waals surface area (Å²) in [5, 5.41) is 17.7. The Morgan fingerprint density at radius 2 is 1.25 bits per heavy atom. The van der Waals surface area contributed by atoms with Crippen LogP contribution in [0.15, 0.2) is 67.0 Å². The minimum absolute atomic E-state index is 0.00192. The highest BCUT2D eigenvalue weighted by Crippen LogP contribution is 2.25. The number of nitriles is 2. The molecular formula is C23H13ClN2O6. The van der Waals surface area contributed by atoms with E-state index < -0.39 is 16.2 Å². The van der Waals surface area contributed by atoms with Gasteiger partial charge in [0.05, 0.1) is 0 Å². The summed E-state index contributed by atoms with van der Waals surface area (Å²) in [7, 11) is 0. The molecule has 4 rings (SSSR count). The number of hydrogen-bond donors (Lipinski definition) is 0. The minimum Gasteiger partial charge on any atom is -0.491 e. The van der Waals surface area contributed by atoms with Crippen LogP contribution in [0.1, 0.15) is 11.5 Å². The lowest BCUT2D eigenvalue weighted by Gasteiger charge is -2.14. The van der Waals surface area contributed by atoms with Gasteiger partial charge in [-0.3, -0.25) is 9.59 Å². The van der Waals surface area contributed by atoms with Crippen molar-refractivity contribution in [2.75, 3.05) is 13.2 Å². The molecule has 0 saturated heterocycles. The van der Waals surface area contributed by atoms with E-state index in [1.807, 2.05) is 0 Å². The number of ether oxygens (including phenoxy) is 2. The SMILES string of the molecule is N#Cc1cc(=O)c2c(OCC(Cl)COc3cccc4oc(C#N)cc(=O)c34)cccc2o1. The van der Waals surface area contributed by atoms with E-state index in [0.717, 1.165) is 12.1 Å². The van der Waals surface area contributed by atoms with Gasteiger partial charge in [0.25, 0.3) is 0 Å². The molecule has 0 radical (unpaired) electrons. The lowest BCUT2D eigenvalue weighted by molar-refractivity contribution is 0.254. The molecular weight excluding hydrogens is 436 g/mol. The zero-order valence-corrected chi connectivity index (χ0v) is 17.1. The van der Waals surface area contributed by atoms with Gasteiger partial charge < -0.3 is 18.3 Å². The third kappa shape index (κ3) is 4.13. The van der Waals surface area contributed by atoms with Gasteiger partial charge >= 0.3 is 0 Å². The van der Waals surface area contributed by atoms with Gasteiger partial charge in [0.1, 0.15) is 64.2 Å². The van der Waals surface area contributed by atoms with Crippen molar-refractivity contribution in [3.63, 3.8) is 0 Å². The van der Waals surface area contributed by atoms with Gasteiger partial charge in [-0.05, 0) is 24.3 Å². The Labute approximate surface area is 185 Å². The molecule has 4 aromatic rings. The number of alkyl halides is 1. The smallest absolute Gasteiger partial charge is 0.207 e. The molecule has 0 aliphatic carbocycles. The molecule has 0 fully saturated rings. The van der Waals surface area contributed by atoms with Gasteiger partial charge in [-0.15, -0.1) is 11.6 Å². The highest BCUT2D eigenvalue weighted by molar-refractivity contribution is 6.20. The van der Waals surface area contributed by atoms with E-state index in [0.29, 0.717) is 0 Å². The molecule has 0 aliphatic heterocycles. The summed E-state index contributed by atoms with van der Waals surface area (Å²) in [6.45, 7) is -0.00384. The van der Waals surface area contributed by atoms with Crippen LogP contribution >= 0.6 is 11.6 Å². The predicted molar refractivity (Wildman–Crippen MR) is 115 cm³/mol. The van der Waals surface area contributed by atoms with Crippen molar-refractivity contribution in [2.24, 2.45) is 0 Å². The number of fused-ring (bicyclic) bond motifs is 2. The van der Waals surface area contributed by atoms with E-state index in [4.69, 9.17) is 40.4 Å². The van der Waals surface area contributed by atoms with Gasteiger partial charge in [-0.2, -0.15) is 10.5 Å². The van der Waals surface area contributed by atoms with E-state index >= 15 is 0 Å². The summed E-state index contributed by atoms with van der Waals surface area (Å²) in [6, 6.07) is 15.4. The molecule has 8 nitrogen and oxygen atoms in total. The largest absolute Gasteiger partial charge is 0.491 e. The van der Waals surface area contributed by atoms with Crippen LogP contribution < -0.4 is 20.3 Å². The number of hydrogen-bond acceptors (Lipinski definition) is 8. The molecule has 158 valence electrons. The first kappa shape index (κ1) is 21.0. The summed E-state index contributed by atoms with van der Waals surface area (Å²) in [4.78, 5) is 24.7. The van der Waals surface area contributed by atoms with Gasteiger partial charge in [0, 0.05) is 12.1 Å². The van der Waals surface area contributed by atoms with Crippen molar-refractivity contribution < 1.29 is 18.3 Å². The monoisotopic (exact) mass is 448 g/mol. The van der Waals surface area contributed by atoms with Crippen molar-refractivity contribution in [2.45, 2.75) is 5.38 Å². The fraction of sp³-hybridized carbons (Fsp3) is 0.130. The van der Waals surface area contributed by atoms with Gasteiger partial charge in [-0.25, -0.2) is 0 Å². The van der Waals surface area contributed by atoms with Crippen LogP contribution in [-0.4, -0.2) is 18.6 Å². The van der Waals surface area contributed by atoms with Crippen LogP contribution in [0.3, 0.4) is 0 Å². The van der Waals surface area contributed by atoms with Gasteiger partial charge in [-0.1, -0.05) is 12.1 Å². The summed E-state index contributed by atoms with van der Waals surface area (Å²) >= 11 is 6.32. The molecule has 0 amide bonds. The first-order chi connectivity index (χ1) is 15.5. The Balaban J connectivity index is 1.49. The maximum atomic E-state index is 12.3. The zero-order valence-electron chi connectivity index (χ0n) is 16.3. The molecule has 9 heteroatoms. The number of benzene rings is 2. The quantitative estimate of drug-likeness (QED) is 0.408. The molecule has 0 N–H and O–H groups in total. The van der Waals surface area contributed by atoms with E-state index in [1.54, 1.807) is 48.5 Å². The Bertz CT molecular complexity index is 1410. The predicted octanol–water partition coefficient (Wildman–Crippen LogP) is 3.71. The van der Waals surface area contributed by atoms with Crippen molar-refractivity contribution in [1.82, 2.24) is 0 Å². The lowest BCUT2D eigenvalue weighted by Crippen LogP contribution is -2.21. The Morgan fingerprint density at radius 1 is 0.812 bits per heavy atom. The molecule has 0 unspecified atom stereocenters. The standard InChI is InChI=1S/C23H13ClN2O6/c24-13(11-29-18-3-1-5-20-22(18)16(27)7-14(9-25)31-20)12-30-19-4-2-6-21-23(19)17(28)8-15(10-26)32-21/h1-8,13H,11-12H2. The molecule has 0 saturated carbocycles. The molecule has 0 bridgehead atoms. The van der Waals surface area contributed by atoms with Crippen molar-refractivity contribution in [3.05, 3.63) is 80.5 Å². The Hall–Kier alpha value is -4.27. The topological polar surface area (TPSA) is 126 Å². The third-order valence-corrected chi connectivity index (χ3v) is 4.74. The Morgan fingerprint density at radius 3 is 1.66 bits per heavy atom. The molecule has 0 atom stereocenters. The van der Waals surface area contributed by atoms with Crippen LogP contribution in [0.25, 0.3) is 21.9 Å². The summed E-state index contributed by atoms with van der Waals surface area (Å²) < 4.78 is 22.1. The first-order valence-electron chi connectivity index (χ1n) is 9.34. The minimum atomic E-state index is -0.628. The molecule has 32 heavy (non-hydrogen) atoms. The van der Waals surface area contributed by atoms with Crippen LogP contribution in [0, 0.1) is 22.7 Å². The van der Waals surface area contributed by atoms with Crippen LogP contribution in [0.2, 0.25) is 0 Å². The van der Waals surface area contributed by atoms with Gasteiger partial charge in [0.2, 0.25) is 11.5 Å². The molecule has 2 aromatic carbocycles. The normalized spacial score (nSPS) is 10.8. The second kappa shape index (κ2) is 8.84. The van der Waals surface area contributed by atoms with Crippen LogP contribution in [0.4, 0.5) is 0 Å². The molecule has 0 spiro atoms. The first-order valence-corrected chi connectivity index (χ1v) is 9.77. The molecule has 2 heterocycles. The van der Waals surface area contributed by atoms with Crippen LogP contribution in [-0.2, 0) is 0 Å². The van der Waals surface area contributed by atoms with E-state index in [2.05, 4.69) is 0 Å². The fourth-order valence-electron chi connectivity index (χ4n) is 3.12. The number of rotatable bonds is 6. The average Bonchev–Trinajstić information content (AvgIpc) is 2.80. The Kier molecular flexibility index (Phi) is 5.80. The van der Waals surface area contributed by atoms with Gasteiger partial charge in [0.15, 0.2) is 10.9 Å². The summed E-state index contributed by atoms with van der Waals surface area (Å²) in [5.41, 5.74) is -0.346. The third-order valence-electron chi connectivity index (χ3n) is 4.49. The molecule has 2 aromatic heterocycles. The molecule has 0 aliphatic rings. The fourth-order valence-corrected chi connectivity index (χ4v) is 3.24. The van der Waals surface area contributed by atoms with Crippen molar-refractivity contribution in [3.8, 4) is 23.6 Å². The highest BCUT2D eigenvalue weighted by atomic mass is 35.5. The van der Waals surface area contributed by atoms with E-state index in [1.165, 1.54) is 0 Å². The summed E-state index contributed by atoms with van der Waals surface area (Å²) in [5.74, 6) is 0.344. The average molecular weight is 449 g/mol. The number of nitrogens with zero attached hydrogens (tertiary/aromatic N) is 2. The maximum Gasteiger partial charge on any atom is 0.207 e. The second-order valence-corrected chi connectivity index (χ2v) is 7.27.